The van der Waals surface area contributed by atoms with Crippen LogP contribution in [0.4, 0.5) is 8.78 Å². The molecule has 2 aromatic rings. The molecule has 0 amide bonds. The van der Waals surface area contributed by atoms with Crippen LogP contribution in [-0.4, -0.2) is 13.0 Å². The van der Waals surface area contributed by atoms with Crippen molar-refractivity contribution < 1.29 is 13.2 Å². The number of benzene rings is 1. The van der Waals surface area contributed by atoms with Crippen molar-refractivity contribution in [1.82, 2.24) is 10.6 Å². The van der Waals surface area contributed by atoms with Crippen molar-refractivity contribution in [2.75, 3.05) is 7.05 Å². The minimum Gasteiger partial charge on any atom is -0.466 e. The molecular weight excluding hydrogens is 288 g/mol. The molecule has 2 rings (SSSR count). The summed E-state index contributed by atoms with van der Waals surface area (Å²) in [5, 5.41) is 6.06. The number of rotatable bonds is 4. The van der Waals surface area contributed by atoms with E-state index in [1.165, 1.54) is 6.07 Å². The molecule has 0 aliphatic heterocycles. The second kappa shape index (κ2) is 7.06. The molecule has 0 fully saturated rings. The lowest BCUT2D eigenvalue weighted by molar-refractivity contribution is 0.500. The smallest absolute Gasteiger partial charge is 0.191 e. The standard InChI is InChI=1S/C16H19F2N3O/c1-10-6-12(11(2)22-10)8-20-16(19-3)21-9-13-7-14(17)4-5-15(13)18/h4-7H,8-9H2,1-3H3,(H2,19,20,21). The highest BCUT2D eigenvalue weighted by atomic mass is 19.1. The van der Waals surface area contributed by atoms with Crippen LogP contribution in [-0.2, 0) is 13.1 Å². The van der Waals surface area contributed by atoms with E-state index in [1.54, 1.807) is 7.05 Å². The molecule has 1 heterocycles. The van der Waals surface area contributed by atoms with E-state index in [0.29, 0.717) is 12.5 Å². The van der Waals surface area contributed by atoms with E-state index in [-0.39, 0.29) is 12.1 Å². The third-order valence-corrected chi connectivity index (χ3v) is 3.27. The number of nitrogens with zero attached hydrogens (tertiary/aromatic N) is 1. The topological polar surface area (TPSA) is 49.6 Å². The van der Waals surface area contributed by atoms with Gasteiger partial charge in [0.25, 0.3) is 0 Å². The number of halogens is 2. The average Bonchev–Trinajstić information content (AvgIpc) is 2.80. The molecule has 0 bridgehead atoms. The Morgan fingerprint density at radius 2 is 1.77 bits per heavy atom. The summed E-state index contributed by atoms with van der Waals surface area (Å²) in [4.78, 5) is 4.05. The van der Waals surface area contributed by atoms with Gasteiger partial charge in [-0.15, -0.1) is 0 Å². The second-order valence-electron chi connectivity index (χ2n) is 4.95. The Labute approximate surface area is 128 Å². The van der Waals surface area contributed by atoms with Crippen molar-refractivity contribution in [3.8, 4) is 0 Å². The average molecular weight is 307 g/mol. The SMILES string of the molecule is CN=C(NCc1cc(F)ccc1F)NCc1cc(C)oc1C. The van der Waals surface area contributed by atoms with Gasteiger partial charge in [-0.05, 0) is 38.1 Å². The Morgan fingerprint density at radius 3 is 2.36 bits per heavy atom. The zero-order valence-electron chi connectivity index (χ0n) is 12.8. The first kappa shape index (κ1) is 16.0. The van der Waals surface area contributed by atoms with Crippen LogP contribution in [0.3, 0.4) is 0 Å². The monoisotopic (exact) mass is 307 g/mol. The molecule has 0 atom stereocenters. The van der Waals surface area contributed by atoms with Gasteiger partial charge in [0.1, 0.15) is 23.2 Å². The minimum atomic E-state index is -0.467. The normalized spacial score (nSPS) is 11.6. The molecule has 0 saturated heterocycles. The predicted molar refractivity (Wildman–Crippen MR) is 81.6 cm³/mol. The molecule has 0 saturated carbocycles. The van der Waals surface area contributed by atoms with Gasteiger partial charge in [-0.3, -0.25) is 4.99 Å². The highest BCUT2D eigenvalue weighted by Gasteiger charge is 2.07. The van der Waals surface area contributed by atoms with Gasteiger partial charge in [0, 0.05) is 31.3 Å². The molecule has 4 nitrogen and oxygen atoms in total. The van der Waals surface area contributed by atoms with Crippen LogP contribution in [0.1, 0.15) is 22.6 Å². The molecular formula is C16H19F2N3O. The molecule has 0 spiro atoms. The molecule has 0 unspecified atom stereocenters. The summed E-state index contributed by atoms with van der Waals surface area (Å²) in [5.74, 6) is 1.27. The van der Waals surface area contributed by atoms with Crippen molar-refractivity contribution in [2.24, 2.45) is 4.99 Å². The third-order valence-electron chi connectivity index (χ3n) is 3.27. The van der Waals surface area contributed by atoms with Gasteiger partial charge < -0.3 is 15.1 Å². The molecule has 0 aliphatic rings. The van der Waals surface area contributed by atoms with Crippen LogP contribution >= 0.6 is 0 Å². The highest BCUT2D eigenvalue weighted by molar-refractivity contribution is 5.79. The van der Waals surface area contributed by atoms with E-state index in [2.05, 4.69) is 15.6 Å². The molecule has 1 aromatic heterocycles. The minimum absolute atomic E-state index is 0.145. The van der Waals surface area contributed by atoms with Crippen molar-refractivity contribution in [1.29, 1.82) is 0 Å². The van der Waals surface area contributed by atoms with Crippen molar-refractivity contribution in [3.63, 3.8) is 0 Å². The fraction of sp³-hybridized carbons (Fsp3) is 0.312. The number of hydrogen-bond acceptors (Lipinski definition) is 2. The summed E-state index contributed by atoms with van der Waals surface area (Å²) in [6, 6.07) is 5.32. The maximum absolute atomic E-state index is 13.6. The molecule has 2 N–H and O–H groups in total. The zero-order chi connectivity index (χ0) is 16.1. The fourth-order valence-electron chi connectivity index (χ4n) is 2.12. The molecule has 0 radical (unpaired) electrons. The highest BCUT2D eigenvalue weighted by Crippen LogP contribution is 2.13. The summed E-state index contributed by atoms with van der Waals surface area (Å²) >= 11 is 0. The molecule has 22 heavy (non-hydrogen) atoms. The quantitative estimate of drug-likeness (QED) is 0.674. The van der Waals surface area contributed by atoms with Gasteiger partial charge in [0.15, 0.2) is 5.96 Å². The zero-order valence-corrected chi connectivity index (χ0v) is 12.8. The van der Waals surface area contributed by atoms with Gasteiger partial charge in [-0.25, -0.2) is 8.78 Å². The van der Waals surface area contributed by atoms with Gasteiger partial charge in [0.05, 0.1) is 0 Å². The summed E-state index contributed by atoms with van der Waals surface area (Å²) in [5.41, 5.74) is 1.27. The van der Waals surface area contributed by atoms with Crippen LogP contribution in [0.25, 0.3) is 0 Å². The summed E-state index contributed by atoms with van der Waals surface area (Å²) in [6.07, 6.45) is 0. The van der Waals surface area contributed by atoms with Gasteiger partial charge in [0.2, 0.25) is 0 Å². The first-order valence-electron chi connectivity index (χ1n) is 6.94. The molecule has 1 aromatic carbocycles. The van der Waals surface area contributed by atoms with Crippen molar-refractivity contribution in [3.05, 3.63) is 58.5 Å². The Kier molecular flexibility index (Phi) is 5.14. The van der Waals surface area contributed by atoms with Crippen molar-refractivity contribution >= 4 is 5.96 Å². The molecule has 6 heteroatoms. The van der Waals surface area contributed by atoms with Crippen LogP contribution in [0.2, 0.25) is 0 Å². The molecule has 118 valence electrons. The third kappa shape index (κ3) is 4.07. The van der Waals surface area contributed by atoms with Crippen LogP contribution < -0.4 is 10.6 Å². The lowest BCUT2D eigenvalue weighted by Crippen LogP contribution is -2.36. The van der Waals surface area contributed by atoms with E-state index in [0.717, 1.165) is 29.2 Å². The first-order chi connectivity index (χ1) is 10.5. The largest absolute Gasteiger partial charge is 0.466 e. The number of nitrogens with one attached hydrogen (secondary N) is 2. The fourth-order valence-corrected chi connectivity index (χ4v) is 2.12. The van der Waals surface area contributed by atoms with E-state index in [4.69, 9.17) is 4.42 Å². The summed E-state index contributed by atoms with van der Waals surface area (Å²) < 4.78 is 32.1. The lowest BCUT2D eigenvalue weighted by atomic mass is 10.2. The number of hydrogen-bond donors (Lipinski definition) is 2. The van der Waals surface area contributed by atoms with Crippen LogP contribution in [0.5, 0.6) is 0 Å². The van der Waals surface area contributed by atoms with Crippen molar-refractivity contribution in [2.45, 2.75) is 26.9 Å². The second-order valence-corrected chi connectivity index (χ2v) is 4.95. The number of furan rings is 1. The van der Waals surface area contributed by atoms with Crippen LogP contribution in [0, 0.1) is 25.5 Å². The van der Waals surface area contributed by atoms with Gasteiger partial charge in [-0.1, -0.05) is 0 Å². The Balaban J connectivity index is 1.93. The molecule has 0 aliphatic carbocycles. The summed E-state index contributed by atoms with van der Waals surface area (Å²) in [6.45, 7) is 4.46. The van der Waals surface area contributed by atoms with E-state index >= 15 is 0 Å². The number of aliphatic imine (C=N–C) groups is 1. The Bertz CT molecular complexity index is 680. The van der Waals surface area contributed by atoms with Gasteiger partial charge >= 0.3 is 0 Å². The summed E-state index contributed by atoms with van der Waals surface area (Å²) in [7, 11) is 1.62. The lowest BCUT2D eigenvalue weighted by Gasteiger charge is -2.12. The van der Waals surface area contributed by atoms with Gasteiger partial charge in [-0.2, -0.15) is 0 Å². The number of guanidine groups is 1. The van der Waals surface area contributed by atoms with E-state index in [9.17, 15) is 8.78 Å². The van der Waals surface area contributed by atoms with Crippen LogP contribution in [0.15, 0.2) is 33.7 Å². The maximum Gasteiger partial charge on any atom is 0.191 e. The van der Waals surface area contributed by atoms with E-state index < -0.39 is 11.6 Å². The Hall–Kier alpha value is -2.37. The Morgan fingerprint density at radius 1 is 1.09 bits per heavy atom. The first-order valence-corrected chi connectivity index (χ1v) is 6.94. The predicted octanol–water partition coefficient (Wildman–Crippen LogP) is 3.04. The maximum atomic E-state index is 13.6. The number of aryl methyl sites for hydroxylation is 2. The van der Waals surface area contributed by atoms with E-state index in [1.807, 2.05) is 19.9 Å².